The van der Waals surface area contributed by atoms with Crippen molar-refractivity contribution < 1.29 is 4.74 Å². The standard InChI is InChI=1S/C16H14N4O/c21-19(11-14-7-3-1-4-8-14)12-15-13-20(18-17-15)16-9-5-2-6-10-16/h1-10,12-13H,11H2/b19-12-. The Hall–Kier alpha value is -2.95. The van der Waals surface area contributed by atoms with Crippen LogP contribution in [0.2, 0.25) is 0 Å². The lowest BCUT2D eigenvalue weighted by molar-refractivity contribution is -0.469. The van der Waals surface area contributed by atoms with Crippen molar-refractivity contribution in [2.45, 2.75) is 6.54 Å². The van der Waals surface area contributed by atoms with Gasteiger partial charge in [-0.2, -0.15) is 0 Å². The Labute approximate surface area is 122 Å². The zero-order valence-corrected chi connectivity index (χ0v) is 11.3. The first-order valence-electron chi connectivity index (χ1n) is 6.61. The molecule has 104 valence electrons. The number of rotatable bonds is 4. The van der Waals surface area contributed by atoms with Crippen molar-refractivity contribution in [3.8, 4) is 5.69 Å². The topological polar surface area (TPSA) is 56.8 Å². The van der Waals surface area contributed by atoms with Gasteiger partial charge >= 0.3 is 0 Å². The second kappa shape index (κ2) is 6.00. The molecule has 5 heteroatoms. The Morgan fingerprint density at radius 1 is 1.00 bits per heavy atom. The van der Waals surface area contributed by atoms with Crippen molar-refractivity contribution >= 4 is 6.21 Å². The summed E-state index contributed by atoms with van der Waals surface area (Å²) in [6.07, 6.45) is 3.17. The van der Waals surface area contributed by atoms with Crippen LogP contribution in [0, 0.1) is 5.21 Å². The van der Waals surface area contributed by atoms with Crippen LogP contribution in [0.25, 0.3) is 5.69 Å². The van der Waals surface area contributed by atoms with Gasteiger partial charge in [-0.25, -0.2) is 9.42 Å². The number of hydrogen-bond donors (Lipinski definition) is 0. The number of hydrogen-bond acceptors (Lipinski definition) is 3. The summed E-state index contributed by atoms with van der Waals surface area (Å²) in [5, 5.41) is 19.9. The van der Waals surface area contributed by atoms with E-state index in [1.807, 2.05) is 60.7 Å². The number of hydroxylamine groups is 1. The molecule has 0 aliphatic heterocycles. The van der Waals surface area contributed by atoms with E-state index in [-0.39, 0.29) is 0 Å². The fourth-order valence-corrected chi connectivity index (χ4v) is 2.00. The molecule has 0 saturated heterocycles. The van der Waals surface area contributed by atoms with Crippen LogP contribution in [0.4, 0.5) is 0 Å². The van der Waals surface area contributed by atoms with Crippen molar-refractivity contribution in [2.75, 3.05) is 0 Å². The first-order chi connectivity index (χ1) is 10.3. The maximum atomic E-state index is 11.9. The summed E-state index contributed by atoms with van der Waals surface area (Å²) < 4.78 is 2.50. The predicted molar refractivity (Wildman–Crippen MR) is 80.3 cm³/mol. The van der Waals surface area contributed by atoms with Gasteiger partial charge in [0.15, 0.2) is 12.2 Å². The van der Waals surface area contributed by atoms with Crippen molar-refractivity contribution in [2.24, 2.45) is 0 Å². The molecule has 0 N–H and O–H groups in total. The average Bonchev–Trinajstić information content (AvgIpc) is 2.97. The Bertz CT molecular complexity index is 735. The van der Waals surface area contributed by atoms with Crippen molar-refractivity contribution in [3.05, 3.63) is 83.3 Å². The summed E-state index contributed by atoms with van der Waals surface area (Å²) in [5.41, 5.74) is 2.40. The van der Waals surface area contributed by atoms with Gasteiger partial charge in [-0.1, -0.05) is 53.7 Å². The highest BCUT2D eigenvalue weighted by Gasteiger charge is 2.04. The molecule has 2 aromatic carbocycles. The van der Waals surface area contributed by atoms with Crippen LogP contribution in [-0.4, -0.2) is 25.9 Å². The maximum absolute atomic E-state index is 11.9. The number of benzene rings is 2. The van der Waals surface area contributed by atoms with Crippen molar-refractivity contribution in [3.63, 3.8) is 0 Å². The molecule has 5 nitrogen and oxygen atoms in total. The highest BCUT2D eigenvalue weighted by molar-refractivity contribution is 5.72. The SMILES string of the molecule is [O-]/[N+](=C\c1cn(-c2ccccc2)nn1)Cc1ccccc1. The molecule has 0 spiro atoms. The van der Waals surface area contributed by atoms with Crippen LogP contribution in [0.3, 0.4) is 0 Å². The van der Waals surface area contributed by atoms with E-state index in [0.29, 0.717) is 12.2 Å². The molecule has 3 aromatic rings. The lowest BCUT2D eigenvalue weighted by Crippen LogP contribution is -2.05. The lowest BCUT2D eigenvalue weighted by atomic mass is 10.2. The smallest absolute Gasteiger partial charge is 0.204 e. The van der Waals surface area contributed by atoms with Crippen LogP contribution in [0.5, 0.6) is 0 Å². The molecular weight excluding hydrogens is 264 g/mol. The van der Waals surface area contributed by atoms with E-state index in [2.05, 4.69) is 10.3 Å². The van der Waals surface area contributed by atoms with Crippen molar-refractivity contribution in [1.29, 1.82) is 0 Å². The summed E-state index contributed by atoms with van der Waals surface area (Å²) in [4.78, 5) is 0. The van der Waals surface area contributed by atoms with E-state index >= 15 is 0 Å². The van der Waals surface area contributed by atoms with E-state index in [1.165, 1.54) is 6.21 Å². The summed E-state index contributed by atoms with van der Waals surface area (Å²) in [6, 6.07) is 19.2. The lowest BCUT2D eigenvalue weighted by Gasteiger charge is -2.02. The maximum Gasteiger partial charge on any atom is 0.204 e. The highest BCUT2D eigenvalue weighted by Crippen LogP contribution is 2.05. The third-order valence-corrected chi connectivity index (χ3v) is 2.99. The zero-order chi connectivity index (χ0) is 14.5. The fourth-order valence-electron chi connectivity index (χ4n) is 2.00. The van der Waals surface area contributed by atoms with Crippen LogP contribution < -0.4 is 0 Å². The number of aromatic nitrogens is 3. The highest BCUT2D eigenvalue weighted by atomic mass is 16.5. The summed E-state index contributed by atoms with van der Waals surface area (Å²) in [6.45, 7) is 0.291. The van der Waals surface area contributed by atoms with Crippen LogP contribution in [-0.2, 0) is 6.54 Å². The Morgan fingerprint density at radius 2 is 1.67 bits per heavy atom. The minimum Gasteiger partial charge on any atom is -0.623 e. The first kappa shape index (κ1) is 13.1. The fraction of sp³-hybridized carbons (Fsp3) is 0.0625. The Kier molecular flexibility index (Phi) is 3.73. The number of para-hydroxylation sites is 1. The average molecular weight is 278 g/mol. The molecule has 21 heavy (non-hydrogen) atoms. The van der Waals surface area contributed by atoms with Crippen LogP contribution in [0.1, 0.15) is 11.3 Å². The largest absolute Gasteiger partial charge is 0.623 e. The van der Waals surface area contributed by atoms with Gasteiger partial charge in [0.2, 0.25) is 6.21 Å². The molecule has 1 heterocycles. The van der Waals surface area contributed by atoms with Crippen LogP contribution >= 0.6 is 0 Å². The molecule has 0 unspecified atom stereocenters. The molecule has 0 saturated carbocycles. The van der Waals surface area contributed by atoms with E-state index in [4.69, 9.17) is 0 Å². The van der Waals surface area contributed by atoms with E-state index in [1.54, 1.807) is 10.9 Å². The van der Waals surface area contributed by atoms with Gasteiger partial charge in [-0.3, -0.25) is 0 Å². The monoisotopic (exact) mass is 278 g/mol. The molecule has 0 aliphatic rings. The third-order valence-electron chi connectivity index (χ3n) is 2.99. The molecule has 0 bridgehead atoms. The van der Waals surface area contributed by atoms with Gasteiger partial charge in [0.1, 0.15) is 0 Å². The summed E-state index contributed by atoms with van der Waals surface area (Å²) in [5.74, 6) is 0. The van der Waals surface area contributed by atoms with Gasteiger partial charge in [-0.15, -0.1) is 5.10 Å². The summed E-state index contributed by atoms with van der Waals surface area (Å²) >= 11 is 0. The molecule has 0 atom stereocenters. The van der Waals surface area contributed by atoms with Crippen LogP contribution in [0.15, 0.2) is 66.9 Å². The second-order valence-corrected chi connectivity index (χ2v) is 4.61. The second-order valence-electron chi connectivity index (χ2n) is 4.61. The van der Waals surface area contributed by atoms with Crippen molar-refractivity contribution in [1.82, 2.24) is 15.0 Å². The van der Waals surface area contributed by atoms with E-state index in [0.717, 1.165) is 16.0 Å². The van der Waals surface area contributed by atoms with Gasteiger partial charge < -0.3 is 5.21 Å². The number of nitrogens with zero attached hydrogens (tertiary/aromatic N) is 4. The quantitative estimate of drug-likeness (QED) is 0.319. The van der Waals surface area contributed by atoms with Gasteiger partial charge in [-0.05, 0) is 12.1 Å². The van der Waals surface area contributed by atoms with E-state index < -0.39 is 0 Å². The van der Waals surface area contributed by atoms with E-state index in [9.17, 15) is 5.21 Å². The predicted octanol–water partition coefficient (Wildman–Crippen LogP) is 2.40. The summed E-state index contributed by atoms with van der Waals surface area (Å²) in [7, 11) is 0. The molecule has 0 amide bonds. The minimum absolute atomic E-state index is 0.291. The van der Waals surface area contributed by atoms with Gasteiger partial charge in [0.25, 0.3) is 0 Å². The Morgan fingerprint density at radius 3 is 2.38 bits per heavy atom. The molecule has 3 rings (SSSR count). The normalized spacial score (nSPS) is 11.5. The van der Waals surface area contributed by atoms with Gasteiger partial charge in [0.05, 0.1) is 11.9 Å². The molecule has 0 radical (unpaired) electrons. The third kappa shape index (κ3) is 3.33. The zero-order valence-electron chi connectivity index (χ0n) is 11.3. The minimum atomic E-state index is 0.291. The first-order valence-corrected chi connectivity index (χ1v) is 6.61. The molecule has 0 fully saturated rings. The Balaban J connectivity index is 1.76. The molecular formula is C16H14N4O. The molecule has 0 aliphatic carbocycles. The molecule has 1 aromatic heterocycles. The van der Waals surface area contributed by atoms with Gasteiger partial charge in [0, 0.05) is 5.56 Å².